The normalized spacial score (nSPS) is 13.3. The zero-order valence-corrected chi connectivity index (χ0v) is 24.7. The fourth-order valence-electron chi connectivity index (χ4n) is 6.20. The lowest BCUT2D eigenvalue weighted by molar-refractivity contribution is 0.390. The van der Waals surface area contributed by atoms with Crippen LogP contribution in [-0.2, 0) is 0 Å². The van der Waals surface area contributed by atoms with Gasteiger partial charge in [-0.25, -0.2) is 0 Å². The van der Waals surface area contributed by atoms with Gasteiger partial charge in [-0.15, -0.1) is 0 Å². The minimum atomic E-state index is 0.151. The van der Waals surface area contributed by atoms with E-state index >= 15 is 0 Å². The highest BCUT2D eigenvalue weighted by Gasteiger charge is 2.38. The van der Waals surface area contributed by atoms with E-state index in [-0.39, 0.29) is 11.5 Å². The molecule has 6 heteroatoms. The molecule has 0 amide bonds. The van der Waals surface area contributed by atoms with E-state index in [1.165, 1.54) is 11.4 Å². The molecular weight excluding hydrogens is 448 g/mol. The maximum atomic E-state index is 11.6. The van der Waals surface area contributed by atoms with E-state index in [9.17, 15) is 10.2 Å². The molecule has 3 rings (SSSR count). The summed E-state index contributed by atoms with van der Waals surface area (Å²) in [6.45, 7) is 12.6. The summed E-state index contributed by atoms with van der Waals surface area (Å²) >= 11 is 0. The molecule has 0 aliphatic heterocycles. The summed E-state index contributed by atoms with van der Waals surface area (Å²) in [6, 6.07) is 0. The lowest BCUT2D eigenvalue weighted by atomic mass is 9.77. The fraction of sp³-hybridized carbons (Fsp3) is 0.467. The Balaban J connectivity index is 2.38. The summed E-state index contributed by atoms with van der Waals surface area (Å²) in [4.78, 5) is 8.42. The number of aliphatic hydroxyl groups excluding tert-OH is 2. The van der Waals surface area contributed by atoms with Crippen molar-refractivity contribution in [3.8, 4) is 0 Å². The lowest BCUT2D eigenvalue weighted by Gasteiger charge is -2.35. The number of rotatable bonds is 6. The van der Waals surface area contributed by atoms with Gasteiger partial charge in [-0.2, -0.15) is 0 Å². The highest BCUT2D eigenvalue weighted by atomic mass is 16.3. The molecule has 2 N–H and O–H groups in total. The van der Waals surface area contributed by atoms with Gasteiger partial charge in [0.15, 0.2) is 0 Å². The van der Waals surface area contributed by atoms with Crippen molar-refractivity contribution < 1.29 is 10.2 Å². The summed E-state index contributed by atoms with van der Waals surface area (Å²) in [5.41, 5.74) is 13.8. The Hall–Kier alpha value is -3.28. The predicted octanol–water partition coefficient (Wildman–Crippen LogP) is 6.05. The van der Waals surface area contributed by atoms with Gasteiger partial charge in [0.05, 0.1) is 11.1 Å². The Morgan fingerprint density at radius 2 is 0.611 bits per heavy atom. The van der Waals surface area contributed by atoms with Gasteiger partial charge in [-0.1, -0.05) is 0 Å². The maximum Gasteiger partial charge on any atom is 0.138 e. The predicted molar refractivity (Wildman–Crippen MR) is 158 cm³/mol. The molecule has 0 saturated carbocycles. The van der Waals surface area contributed by atoms with Crippen LogP contribution in [0.15, 0.2) is 11.5 Å². The number of allylic oxidation sites excluding steroid dienone is 2. The molecule has 1 aliphatic rings. The molecule has 0 radical (unpaired) electrons. The van der Waals surface area contributed by atoms with Gasteiger partial charge in [-0.3, -0.25) is 0 Å². The van der Waals surface area contributed by atoms with Gasteiger partial charge in [0, 0.05) is 90.3 Å². The van der Waals surface area contributed by atoms with Crippen LogP contribution in [0.5, 0.6) is 0 Å². The summed E-state index contributed by atoms with van der Waals surface area (Å²) in [5, 5.41) is 23.3. The van der Waals surface area contributed by atoms with Crippen molar-refractivity contribution in [3.63, 3.8) is 0 Å². The molecule has 0 saturated heterocycles. The van der Waals surface area contributed by atoms with Crippen LogP contribution in [0.3, 0.4) is 0 Å². The lowest BCUT2D eigenvalue weighted by Crippen LogP contribution is -2.24. The van der Waals surface area contributed by atoms with Gasteiger partial charge in [0.1, 0.15) is 11.5 Å². The van der Waals surface area contributed by atoms with Gasteiger partial charge in [0.25, 0.3) is 0 Å². The Morgan fingerprint density at radius 1 is 0.361 bits per heavy atom. The van der Waals surface area contributed by atoms with Crippen molar-refractivity contribution in [1.29, 1.82) is 0 Å². The summed E-state index contributed by atoms with van der Waals surface area (Å²) in [7, 11) is 16.3. The van der Waals surface area contributed by atoms with Crippen molar-refractivity contribution >= 4 is 33.9 Å². The Labute approximate surface area is 217 Å². The molecule has 0 fully saturated rings. The highest BCUT2D eigenvalue weighted by Crippen LogP contribution is 2.54. The second-order valence-corrected chi connectivity index (χ2v) is 10.9. The zero-order valence-electron chi connectivity index (χ0n) is 24.7. The standard InChI is InChI=1S/C30H44N4O2/c1-15-17(3)25(31(7)8)19(5)27(33(11)12)21(15)23-29(35)24(30(23)36)22-16(2)18(4)26(32(9)10)20(6)28(22)34(13)14/h35-36H,1-14H3. The number of aliphatic hydroxyl groups is 2. The van der Waals surface area contributed by atoms with E-state index in [0.717, 1.165) is 55.9 Å². The maximum absolute atomic E-state index is 11.6. The van der Waals surface area contributed by atoms with Crippen LogP contribution in [0.2, 0.25) is 0 Å². The van der Waals surface area contributed by atoms with E-state index in [4.69, 9.17) is 0 Å². The Morgan fingerprint density at radius 3 is 0.833 bits per heavy atom. The molecule has 0 spiro atoms. The number of benzene rings is 2. The number of nitrogens with zero attached hydrogens (tertiary/aromatic N) is 4. The van der Waals surface area contributed by atoms with E-state index in [0.29, 0.717) is 11.1 Å². The fourth-order valence-corrected chi connectivity index (χ4v) is 6.20. The molecule has 6 nitrogen and oxygen atoms in total. The molecule has 196 valence electrons. The van der Waals surface area contributed by atoms with Crippen LogP contribution in [-0.4, -0.2) is 66.6 Å². The van der Waals surface area contributed by atoms with Crippen LogP contribution in [0, 0.1) is 41.5 Å². The van der Waals surface area contributed by atoms with Crippen molar-refractivity contribution in [1.82, 2.24) is 0 Å². The first-order valence-corrected chi connectivity index (χ1v) is 12.4. The molecule has 0 aromatic heterocycles. The average molecular weight is 493 g/mol. The molecule has 1 aliphatic carbocycles. The Bertz CT molecular complexity index is 1200. The summed E-state index contributed by atoms with van der Waals surface area (Å²) in [6.07, 6.45) is 0. The van der Waals surface area contributed by atoms with Gasteiger partial charge in [0.2, 0.25) is 0 Å². The van der Waals surface area contributed by atoms with Crippen LogP contribution in [0.4, 0.5) is 22.7 Å². The topological polar surface area (TPSA) is 53.4 Å². The third kappa shape index (κ3) is 3.78. The van der Waals surface area contributed by atoms with Crippen LogP contribution < -0.4 is 19.6 Å². The third-order valence-corrected chi connectivity index (χ3v) is 7.72. The molecule has 0 atom stereocenters. The first-order valence-electron chi connectivity index (χ1n) is 12.4. The van der Waals surface area contributed by atoms with E-state index < -0.39 is 0 Å². The monoisotopic (exact) mass is 492 g/mol. The average Bonchev–Trinajstić information content (AvgIpc) is 2.74. The minimum Gasteiger partial charge on any atom is -0.506 e. The van der Waals surface area contributed by atoms with Crippen molar-refractivity contribution in [2.75, 3.05) is 76.0 Å². The van der Waals surface area contributed by atoms with Crippen LogP contribution in [0.1, 0.15) is 44.5 Å². The second-order valence-electron chi connectivity index (χ2n) is 10.9. The number of anilines is 4. The molecule has 2 aromatic rings. The Kier molecular flexibility index (Phi) is 7.06. The zero-order chi connectivity index (χ0) is 27.5. The molecule has 0 unspecified atom stereocenters. The molecule has 2 aromatic carbocycles. The van der Waals surface area contributed by atoms with E-state index in [1.54, 1.807) is 0 Å². The molecule has 0 heterocycles. The number of hydrogen-bond acceptors (Lipinski definition) is 6. The van der Waals surface area contributed by atoms with E-state index in [1.807, 2.05) is 28.2 Å². The highest BCUT2D eigenvalue weighted by molar-refractivity contribution is 6.12. The van der Waals surface area contributed by atoms with E-state index in [2.05, 4.69) is 89.3 Å². The first kappa shape index (κ1) is 27.3. The van der Waals surface area contributed by atoms with Crippen molar-refractivity contribution in [2.45, 2.75) is 41.5 Å². The van der Waals surface area contributed by atoms with Crippen LogP contribution >= 0.6 is 0 Å². The molecule has 0 bridgehead atoms. The third-order valence-electron chi connectivity index (χ3n) is 7.72. The number of hydrogen-bond donors (Lipinski definition) is 2. The van der Waals surface area contributed by atoms with Crippen molar-refractivity contribution in [3.05, 3.63) is 56.0 Å². The van der Waals surface area contributed by atoms with Crippen LogP contribution in [0.25, 0.3) is 11.1 Å². The minimum absolute atomic E-state index is 0.151. The van der Waals surface area contributed by atoms with Gasteiger partial charge < -0.3 is 29.8 Å². The quantitative estimate of drug-likeness (QED) is 0.512. The van der Waals surface area contributed by atoms with Gasteiger partial charge >= 0.3 is 0 Å². The second kappa shape index (κ2) is 9.30. The largest absolute Gasteiger partial charge is 0.506 e. The smallest absolute Gasteiger partial charge is 0.138 e. The van der Waals surface area contributed by atoms with Gasteiger partial charge in [-0.05, 0) is 74.9 Å². The SMILES string of the molecule is Cc1c(C)c(N(C)C)c(C)c(N(C)C)c1C1=C(O)C(c2c(C)c(C)c(N(C)C)c(C)c2N(C)C)=C1O. The summed E-state index contributed by atoms with van der Waals surface area (Å²) in [5.74, 6) is 0.301. The first-order chi connectivity index (χ1) is 16.6. The molecule has 36 heavy (non-hydrogen) atoms. The summed E-state index contributed by atoms with van der Waals surface area (Å²) < 4.78 is 0. The van der Waals surface area contributed by atoms with Crippen molar-refractivity contribution in [2.24, 2.45) is 0 Å². The molecular formula is C30H44N4O2.